The molecule has 2 nitrogen and oxygen atoms in total. The second-order valence-corrected chi connectivity index (χ2v) is 6.80. The van der Waals surface area contributed by atoms with Gasteiger partial charge in [-0.15, -0.1) is 0 Å². The lowest BCUT2D eigenvalue weighted by molar-refractivity contribution is 0.104. The van der Waals surface area contributed by atoms with E-state index < -0.39 is 0 Å². The first kappa shape index (κ1) is 18.2. The molecule has 0 fully saturated rings. The lowest BCUT2D eigenvalue weighted by atomic mass is 10.1. The number of allylic oxidation sites excluding steroid dienone is 1. The molecule has 0 spiro atoms. The zero-order valence-corrected chi connectivity index (χ0v) is 15.7. The first-order valence-corrected chi connectivity index (χ1v) is 8.88. The highest BCUT2D eigenvalue weighted by molar-refractivity contribution is 6.31. The molecule has 0 bridgehead atoms. The number of nitrogens with one attached hydrogen (secondary N) is 1. The Balaban J connectivity index is 1.95. The van der Waals surface area contributed by atoms with Crippen molar-refractivity contribution < 1.29 is 4.79 Å². The van der Waals surface area contributed by atoms with Gasteiger partial charge in [-0.25, -0.2) is 0 Å². The van der Waals surface area contributed by atoms with Gasteiger partial charge in [0.05, 0.1) is 0 Å². The van der Waals surface area contributed by atoms with Gasteiger partial charge in [0.2, 0.25) is 0 Å². The molecule has 0 saturated carbocycles. The van der Waals surface area contributed by atoms with Crippen molar-refractivity contribution in [1.29, 1.82) is 0 Å². The zero-order valence-electron chi connectivity index (χ0n) is 14.2. The molecule has 1 N–H and O–H groups in total. The molecule has 0 unspecified atom stereocenters. The summed E-state index contributed by atoms with van der Waals surface area (Å²) in [6.45, 7) is 2.03. The molecular formula is C22H17Cl2NO. The lowest BCUT2D eigenvalue weighted by Gasteiger charge is -2.12. The zero-order chi connectivity index (χ0) is 18.5. The summed E-state index contributed by atoms with van der Waals surface area (Å²) in [7, 11) is 0. The Morgan fingerprint density at radius 1 is 0.769 bits per heavy atom. The fourth-order valence-electron chi connectivity index (χ4n) is 2.44. The van der Waals surface area contributed by atoms with Crippen molar-refractivity contribution in [3.05, 3.63) is 106 Å². The number of hydrogen-bond acceptors (Lipinski definition) is 2. The monoisotopic (exact) mass is 381 g/mol. The van der Waals surface area contributed by atoms with Crippen LogP contribution in [0.5, 0.6) is 0 Å². The van der Waals surface area contributed by atoms with Crippen molar-refractivity contribution in [3.8, 4) is 0 Å². The van der Waals surface area contributed by atoms with Crippen LogP contribution in [-0.4, -0.2) is 5.78 Å². The quantitative estimate of drug-likeness (QED) is 0.396. The Morgan fingerprint density at radius 3 is 1.81 bits per heavy atom. The lowest BCUT2D eigenvalue weighted by Crippen LogP contribution is -2.03. The molecule has 26 heavy (non-hydrogen) atoms. The van der Waals surface area contributed by atoms with Gasteiger partial charge in [0.15, 0.2) is 5.78 Å². The number of benzene rings is 3. The minimum absolute atomic E-state index is 0.105. The third-order valence-corrected chi connectivity index (χ3v) is 4.39. The minimum Gasteiger partial charge on any atom is -0.355 e. The topological polar surface area (TPSA) is 29.1 Å². The number of anilines is 1. The van der Waals surface area contributed by atoms with Gasteiger partial charge >= 0.3 is 0 Å². The molecule has 0 heterocycles. The van der Waals surface area contributed by atoms with Crippen LogP contribution in [0.2, 0.25) is 10.0 Å². The van der Waals surface area contributed by atoms with Crippen LogP contribution >= 0.6 is 23.2 Å². The summed E-state index contributed by atoms with van der Waals surface area (Å²) < 4.78 is 0. The molecule has 0 aliphatic rings. The number of rotatable bonds is 5. The van der Waals surface area contributed by atoms with Crippen LogP contribution < -0.4 is 5.32 Å². The number of ketones is 1. The van der Waals surface area contributed by atoms with Gasteiger partial charge in [-0.05, 0) is 61.0 Å². The molecule has 130 valence electrons. The van der Waals surface area contributed by atoms with Crippen LogP contribution in [0.4, 0.5) is 5.69 Å². The molecule has 0 aliphatic heterocycles. The van der Waals surface area contributed by atoms with Crippen LogP contribution in [0.3, 0.4) is 0 Å². The smallest absolute Gasteiger partial charge is 0.187 e. The van der Waals surface area contributed by atoms with E-state index in [4.69, 9.17) is 23.2 Å². The van der Waals surface area contributed by atoms with Gasteiger partial charge in [-0.3, -0.25) is 4.79 Å². The van der Waals surface area contributed by atoms with Crippen LogP contribution in [0, 0.1) is 6.92 Å². The third-order valence-electron chi connectivity index (χ3n) is 3.89. The molecule has 0 aromatic heterocycles. The Labute approximate surface area is 163 Å². The molecule has 4 heteroatoms. The van der Waals surface area contributed by atoms with Crippen LogP contribution in [0.25, 0.3) is 5.70 Å². The van der Waals surface area contributed by atoms with Gasteiger partial charge in [0.25, 0.3) is 0 Å². The summed E-state index contributed by atoms with van der Waals surface area (Å²) in [5.41, 5.74) is 4.22. The van der Waals surface area contributed by atoms with E-state index >= 15 is 0 Å². The molecule has 0 saturated heterocycles. The number of carbonyl (C=O) groups is 1. The van der Waals surface area contributed by atoms with Gasteiger partial charge in [0.1, 0.15) is 0 Å². The van der Waals surface area contributed by atoms with Gasteiger partial charge in [-0.1, -0.05) is 53.0 Å². The normalized spacial score (nSPS) is 11.3. The van der Waals surface area contributed by atoms with Gasteiger partial charge in [0, 0.05) is 33.1 Å². The van der Waals surface area contributed by atoms with E-state index in [0.717, 1.165) is 11.3 Å². The summed E-state index contributed by atoms with van der Waals surface area (Å²) in [4.78, 5) is 12.7. The van der Waals surface area contributed by atoms with E-state index in [2.05, 4.69) is 5.32 Å². The number of aryl methyl sites for hydroxylation is 1. The maximum atomic E-state index is 12.7. The minimum atomic E-state index is -0.105. The maximum Gasteiger partial charge on any atom is 0.187 e. The highest BCUT2D eigenvalue weighted by Crippen LogP contribution is 2.22. The van der Waals surface area contributed by atoms with Crippen LogP contribution in [0.1, 0.15) is 21.5 Å². The van der Waals surface area contributed by atoms with E-state index in [-0.39, 0.29) is 5.78 Å². The van der Waals surface area contributed by atoms with Gasteiger partial charge < -0.3 is 5.32 Å². The maximum absolute atomic E-state index is 12.7. The second kappa shape index (κ2) is 8.22. The number of carbonyl (C=O) groups excluding carboxylic acids is 1. The Morgan fingerprint density at radius 2 is 1.27 bits per heavy atom. The Bertz CT molecular complexity index is 927. The molecular weight excluding hydrogens is 365 g/mol. The molecule has 0 amide bonds. The van der Waals surface area contributed by atoms with Gasteiger partial charge in [-0.2, -0.15) is 0 Å². The number of halogens is 2. The van der Waals surface area contributed by atoms with Crippen molar-refractivity contribution in [2.75, 3.05) is 5.32 Å². The highest BCUT2D eigenvalue weighted by Gasteiger charge is 2.08. The first-order valence-electron chi connectivity index (χ1n) is 8.12. The van der Waals surface area contributed by atoms with Crippen molar-refractivity contribution >= 4 is 40.4 Å². The van der Waals surface area contributed by atoms with E-state index in [1.165, 1.54) is 5.56 Å². The molecule has 0 atom stereocenters. The van der Waals surface area contributed by atoms with Crippen molar-refractivity contribution in [2.24, 2.45) is 0 Å². The van der Waals surface area contributed by atoms with Crippen LogP contribution in [-0.2, 0) is 0 Å². The SMILES string of the molecule is Cc1ccc(N/C(=C\C(=O)c2ccc(Cl)cc2)c2ccc(Cl)cc2)cc1. The largest absolute Gasteiger partial charge is 0.355 e. The predicted molar refractivity (Wildman–Crippen MR) is 110 cm³/mol. The standard InChI is InChI=1S/C22H17Cl2NO/c1-15-2-12-20(13-3-15)25-21(16-4-8-18(23)9-5-16)14-22(26)17-6-10-19(24)11-7-17/h2-14,25H,1H3/b21-14-. The fourth-order valence-corrected chi connectivity index (χ4v) is 2.69. The van der Waals surface area contributed by atoms with E-state index in [1.807, 2.05) is 43.3 Å². The fraction of sp³-hybridized carbons (Fsp3) is 0.0455. The predicted octanol–water partition coefficient (Wildman–Crippen LogP) is 6.64. The average molecular weight is 382 g/mol. The summed E-state index contributed by atoms with van der Waals surface area (Å²) in [5, 5.41) is 4.57. The molecule has 3 aromatic rings. The third kappa shape index (κ3) is 4.75. The van der Waals surface area contributed by atoms with Crippen molar-refractivity contribution in [3.63, 3.8) is 0 Å². The Hall–Kier alpha value is -2.55. The van der Waals surface area contributed by atoms with Crippen LogP contribution in [0.15, 0.2) is 78.9 Å². The summed E-state index contributed by atoms with van der Waals surface area (Å²) in [6, 6.07) is 22.2. The summed E-state index contributed by atoms with van der Waals surface area (Å²) >= 11 is 11.9. The first-order chi connectivity index (χ1) is 12.5. The molecule has 0 aliphatic carbocycles. The molecule has 3 aromatic carbocycles. The highest BCUT2D eigenvalue weighted by atomic mass is 35.5. The number of hydrogen-bond donors (Lipinski definition) is 1. The Kier molecular flexibility index (Phi) is 5.77. The van der Waals surface area contributed by atoms with E-state index in [9.17, 15) is 4.79 Å². The van der Waals surface area contributed by atoms with Crippen molar-refractivity contribution in [2.45, 2.75) is 6.92 Å². The molecule has 3 rings (SSSR count). The van der Waals surface area contributed by atoms with Crippen molar-refractivity contribution in [1.82, 2.24) is 0 Å². The second-order valence-electron chi connectivity index (χ2n) is 5.93. The molecule has 0 radical (unpaired) electrons. The summed E-state index contributed by atoms with van der Waals surface area (Å²) in [5.74, 6) is -0.105. The van der Waals surface area contributed by atoms with E-state index in [1.54, 1.807) is 42.5 Å². The van der Waals surface area contributed by atoms with E-state index in [0.29, 0.717) is 21.3 Å². The average Bonchev–Trinajstić information content (AvgIpc) is 2.64. The summed E-state index contributed by atoms with van der Waals surface area (Å²) in [6.07, 6.45) is 1.59.